The molecule has 0 heterocycles. The molecule has 1 atom stereocenters. The quantitative estimate of drug-likeness (QED) is 0.846. The average molecular weight is 288 g/mol. The van der Waals surface area contributed by atoms with Crippen LogP contribution < -0.4 is 5.73 Å². The summed E-state index contributed by atoms with van der Waals surface area (Å²) in [5, 5.41) is 0.622. The summed E-state index contributed by atoms with van der Waals surface area (Å²) in [6, 6.07) is 6.33. The van der Waals surface area contributed by atoms with Crippen molar-refractivity contribution in [2.24, 2.45) is 11.7 Å². The van der Waals surface area contributed by atoms with E-state index in [1.54, 1.807) is 0 Å². The summed E-state index contributed by atoms with van der Waals surface area (Å²) in [6.45, 7) is 7.36. The van der Waals surface area contributed by atoms with Gasteiger partial charge in [-0.05, 0) is 29.7 Å². The fourth-order valence-electron chi connectivity index (χ4n) is 1.16. The Morgan fingerprint density at radius 3 is 2.53 bits per heavy atom. The van der Waals surface area contributed by atoms with Crippen molar-refractivity contribution in [2.75, 3.05) is 0 Å². The lowest BCUT2D eigenvalue weighted by Gasteiger charge is -2.17. The molecule has 0 saturated heterocycles. The van der Waals surface area contributed by atoms with E-state index in [2.05, 4.69) is 54.9 Å². The van der Waals surface area contributed by atoms with Gasteiger partial charge in [0.05, 0.1) is 0 Å². The molecule has 0 aliphatic rings. The van der Waals surface area contributed by atoms with Gasteiger partial charge in [0, 0.05) is 21.2 Å². The molecule has 2 N–H and O–H groups in total. The number of rotatable bonds is 4. The Morgan fingerprint density at radius 2 is 2.00 bits per heavy atom. The van der Waals surface area contributed by atoms with Crippen LogP contribution in [-0.2, 0) is 6.54 Å². The van der Waals surface area contributed by atoms with Gasteiger partial charge in [0.15, 0.2) is 0 Å². The van der Waals surface area contributed by atoms with E-state index < -0.39 is 0 Å². The second-order valence-corrected chi connectivity index (χ2v) is 6.36. The van der Waals surface area contributed by atoms with Crippen LogP contribution in [0.15, 0.2) is 27.6 Å². The van der Waals surface area contributed by atoms with Crippen molar-refractivity contribution >= 4 is 27.7 Å². The summed E-state index contributed by atoms with van der Waals surface area (Å²) in [7, 11) is 0. The third-order valence-corrected chi connectivity index (χ3v) is 4.56. The van der Waals surface area contributed by atoms with Gasteiger partial charge in [-0.25, -0.2) is 0 Å². The number of thioether (sulfide) groups is 1. The molecular formula is C12H18BrNS. The molecule has 15 heavy (non-hydrogen) atoms. The summed E-state index contributed by atoms with van der Waals surface area (Å²) >= 11 is 5.38. The van der Waals surface area contributed by atoms with Crippen LogP contribution in [0.1, 0.15) is 26.3 Å². The van der Waals surface area contributed by atoms with E-state index in [-0.39, 0.29) is 0 Å². The second-order valence-electron chi connectivity index (χ2n) is 4.02. The van der Waals surface area contributed by atoms with Gasteiger partial charge in [-0.15, -0.1) is 11.8 Å². The molecule has 0 aromatic heterocycles. The predicted octanol–water partition coefficient (Wildman–Crippen LogP) is 4.04. The number of hydrogen-bond donors (Lipinski definition) is 1. The highest BCUT2D eigenvalue weighted by Gasteiger charge is 2.11. The Kier molecular flexibility index (Phi) is 5.16. The highest BCUT2D eigenvalue weighted by atomic mass is 79.9. The van der Waals surface area contributed by atoms with E-state index in [0.717, 1.165) is 4.47 Å². The first kappa shape index (κ1) is 13.1. The second kappa shape index (κ2) is 5.92. The fourth-order valence-corrected chi connectivity index (χ4v) is 2.68. The van der Waals surface area contributed by atoms with Crippen molar-refractivity contribution in [1.82, 2.24) is 0 Å². The maximum atomic E-state index is 5.74. The lowest BCUT2D eigenvalue weighted by molar-refractivity contribution is 0.642. The Bertz CT molecular complexity index is 325. The standard InChI is InChI=1S/C12H18BrNS/c1-8(2)9(3)15-12-5-4-11(13)6-10(12)7-14/h4-6,8-9H,7,14H2,1-3H3. The van der Waals surface area contributed by atoms with Crippen molar-refractivity contribution < 1.29 is 0 Å². The molecule has 0 radical (unpaired) electrons. The lowest BCUT2D eigenvalue weighted by Crippen LogP contribution is -2.07. The van der Waals surface area contributed by atoms with Gasteiger partial charge in [-0.3, -0.25) is 0 Å². The molecule has 0 fully saturated rings. The number of hydrogen-bond acceptors (Lipinski definition) is 2. The van der Waals surface area contributed by atoms with E-state index in [4.69, 9.17) is 5.73 Å². The third kappa shape index (κ3) is 3.82. The van der Waals surface area contributed by atoms with E-state index >= 15 is 0 Å². The van der Waals surface area contributed by atoms with Gasteiger partial charge in [0.1, 0.15) is 0 Å². The molecule has 1 aromatic carbocycles. The van der Waals surface area contributed by atoms with Gasteiger partial charge >= 0.3 is 0 Å². The Morgan fingerprint density at radius 1 is 1.33 bits per heavy atom. The average Bonchev–Trinajstić information content (AvgIpc) is 2.20. The number of nitrogens with two attached hydrogens (primary N) is 1. The number of benzene rings is 1. The molecule has 3 heteroatoms. The van der Waals surface area contributed by atoms with Crippen LogP contribution in [-0.4, -0.2) is 5.25 Å². The van der Waals surface area contributed by atoms with Crippen LogP contribution in [0.4, 0.5) is 0 Å². The monoisotopic (exact) mass is 287 g/mol. The topological polar surface area (TPSA) is 26.0 Å². The highest BCUT2D eigenvalue weighted by molar-refractivity contribution is 9.10. The van der Waals surface area contributed by atoms with Crippen molar-refractivity contribution in [2.45, 2.75) is 37.5 Å². The molecule has 84 valence electrons. The molecule has 0 spiro atoms. The van der Waals surface area contributed by atoms with Gasteiger partial charge < -0.3 is 5.73 Å². The van der Waals surface area contributed by atoms with Crippen LogP contribution in [0.2, 0.25) is 0 Å². The number of halogens is 1. The lowest BCUT2D eigenvalue weighted by atomic mass is 10.2. The van der Waals surface area contributed by atoms with Crippen LogP contribution >= 0.6 is 27.7 Å². The van der Waals surface area contributed by atoms with Gasteiger partial charge in [0.25, 0.3) is 0 Å². The third-order valence-electron chi connectivity index (χ3n) is 2.49. The zero-order valence-corrected chi connectivity index (χ0v) is 11.9. The summed E-state index contributed by atoms with van der Waals surface area (Å²) in [6.07, 6.45) is 0. The minimum absolute atomic E-state index is 0.604. The van der Waals surface area contributed by atoms with Gasteiger partial charge in [0.2, 0.25) is 0 Å². The summed E-state index contributed by atoms with van der Waals surface area (Å²) in [4.78, 5) is 1.31. The van der Waals surface area contributed by atoms with Crippen molar-refractivity contribution in [3.05, 3.63) is 28.2 Å². The van der Waals surface area contributed by atoms with Crippen LogP contribution in [0.5, 0.6) is 0 Å². The normalized spacial score (nSPS) is 13.2. The first-order valence-corrected chi connectivity index (χ1v) is 6.87. The van der Waals surface area contributed by atoms with Crippen molar-refractivity contribution in [3.63, 3.8) is 0 Å². The maximum Gasteiger partial charge on any atom is 0.0189 e. The van der Waals surface area contributed by atoms with Crippen molar-refractivity contribution in [1.29, 1.82) is 0 Å². The smallest absolute Gasteiger partial charge is 0.0189 e. The maximum absolute atomic E-state index is 5.74. The highest BCUT2D eigenvalue weighted by Crippen LogP contribution is 2.31. The molecule has 1 rings (SSSR count). The van der Waals surface area contributed by atoms with Crippen LogP contribution in [0.25, 0.3) is 0 Å². The summed E-state index contributed by atoms with van der Waals surface area (Å²) in [5.74, 6) is 0.685. The van der Waals surface area contributed by atoms with Gasteiger partial charge in [-0.2, -0.15) is 0 Å². The summed E-state index contributed by atoms with van der Waals surface area (Å²) in [5.41, 5.74) is 6.96. The SMILES string of the molecule is CC(C)C(C)Sc1ccc(Br)cc1CN. The Hall–Kier alpha value is 0.01000. The molecule has 0 amide bonds. The predicted molar refractivity (Wildman–Crippen MR) is 72.2 cm³/mol. The first-order chi connectivity index (χ1) is 7.04. The molecular weight excluding hydrogens is 270 g/mol. The molecule has 1 aromatic rings. The molecule has 1 unspecified atom stereocenters. The van der Waals surface area contributed by atoms with E-state index in [1.165, 1.54) is 10.5 Å². The zero-order valence-electron chi connectivity index (χ0n) is 9.46. The molecule has 0 aliphatic heterocycles. The van der Waals surface area contributed by atoms with Gasteiger partial charge in [-0.1, -0.05) is 36.7 Å². The molecule has 1 nitrogen and oxygen atoms in total. The minimum atomic E-state index is 0.604. The molecule has 0 aliphatic carbocycles. The van der Waals surface area contributed by atoms with E-state index in [0.29, 0.717) is 17.7 Å². The van der Waals surface area contributed by atoms with Crippen LogP contribution in [0.3, 0.4) is 0 Å². The van der Waals surface area contributed by atoms with E-state index in [9.17, 15) is 0 Å². The molecule has 0 bridgehead atoms. The van der Waals surface area contributed by atoms with Crippen molar-refractivity contribution in [3.8, 4) is 0 Å². The largest absolute Gasteiger partial charge is 0.326 e. The zero-order chi connectivity index (χ0) is 11.4. The minimum Gasteiger partial charge on any atom is -0.326 e. The Balaban J connectivity index is 2.84. The first-order valence-electron chi connectivity index (χ1n) is 5.19. The fraction of sp³-hybridized carbons (Fsp3) is 0.500. The molecule has 0 saturated carbocycles. The van der Waals surface area contributed by atoms with E-state index in [1.807, 2.05) is 11.8 Å². The Labute approximate surface area is 105 Å². The summed E-state index contributed by atoms with van der Waals surface area (Å²) < 4.78 is 1.10. The van der Waals surface area contributed by atoms with Crippen LogP contribution in [0, 0.1) is 5.92 Å².